The van der Waals surface area contributed by atoms with E-state index in [0.29, 0.717) is 0 Å². The molecular formula is C24H34F3N2O8P. The van der Waals surface area contributed by atoms with Gasteiger partial charge in [-0.15, -0.1) is 0 Å². The maximum absolute atomic E-state index is 13.4. The van der Waals surface area contributed by atoms with Crippen molar-refractivity contribution in [3.05, 3.63) is 38.8 Å². The normalized spacial score (nSPS) is 27.2. The van der Waals surface area contributed by atoms with Crippen molar-refractivity contribution in [2.75, 3.05) is 0 Å². The van der Waals surface area contributed by atoms with Crippen LogP contribution in [-0.4, -0.2) is 59.4 Å². The van der Waals surface area contributed by atoms with Crippen LogP contribution in [0.15, 0.2) is 10.9 Å². The number of hydrogen-bond donors (Lipinski definition) is 5. The molecule has 0 aliphatic carbocycles. The van der Waals surface area contributed by atoms with E-state index in [1.54, 1.807) is 6.92 Å². The zero-order valence-corrected chi connectivity index (χ0v) is 22.9. The molecule has 38 heavy (non-hydrogen) atoms. The summed E-state index contributed by atoms with van der Waals surface area (Å²) in [5.74, 6) is 0. The highest BCUT2D eigenvalue weighted by Crippen LogP contribution is 2.59. The summed E-state index contributed by atoms with van der Waals surface area (Å²) in [5, 5.41) is 30.0. The van der Waals surface area contributed by atoms with Gasteiger partial charge in [-0.3, -0.25) is 9.36 Å². The zero-order chi connectivity index (χ0) is 29.0. The third-order valence-electron chi connectivity index (χ3n) is 7.54. The first kappa shape index (κ1) is 30.7. The summed E-state index contributed by atoms with van der Waals surface area (Å²) in [7, 11) is -4.55. The number of nitrogens with one attached hydrogen (secondary N) is 1. The van der Waals surface area contributed by atoms with Crippen molar-refractivity contribution in [1.29, 1.82) is 0 Å². The molecule has 14 heteroatoms. The number of aromatic nitrogens is 2. The van der Waals surface area contributed by atoms with Crippen LogP contribution in [0.25, 0.3) is 11.0 Å². The average Bonchev–Trinajstić information content (AvgIpc) is 3.07. The third kappa shape index (κ3) is 5.56. The highest BCUT2D eigenvalue weighted by atomic mass is 31.2. The van der Waals surface area contributed by atoms with Gasteiger partial charge in [0, 0.05) is 17.4 Å². The fraction of sp³-hybridized carbons (Fsp3) is 0.667. The molecule has 0 aromatic carbocycles. The Kier molecular flexibility index (Phi) is 8.29. The first-order valence-electron chi connectivity index (χ1n) is 12.2. The van der Waals surface area contributed by atoms with Gasteiger partial charge in [0.25, 0.3) is 5.56 Å². The fourth-order valence-electron chi connectivity index (χ4n) is 4.42. The second kappa shape index (κ2) is 10.3. The Morgan fingerprint density at radius 3 is 2.26 bits per heavy atom. The summed E-state index contributed by atoms with van der Waals surface area (Å²) in [5.41, 5.74) is -3.67. The van der Waals surface area contributed by atoms with Crippen LogP contribution in [0.1, 0.15) is 75.4 Å². The maximum Gasteiger partial charge on any atom is 0.433 e. The van der Waals surface area contributed by atoms with Gasteiger partial charge < -0.3 is 34.5 Å². The Morgan fingerprint density at radius 2 is 1.74 bits per heavy atom. The Hall–Kier alpha value is -1.86. The molecule has 1 saturated heterocycles. The standard InChI is InChI=1S/C24H34F3N2O8P/c1-7-22(5,37-38(34,35)23(6,33)8-2)10-15-16(30)17(31)18(36-15)14-9-13-11(3)12(4)19(24(25,26)27)28-20(13)29-21(14)32/h9,15-18,30-31,33H,7-8,10H2,1-6H3,(H,34,35)(H,28,29,32). The molecule has 0 spiro atoms. The third-order valence-corrected chi connectivity index (χ3v) is 9.76. The van der Waals surface area contributed by atoms with Gasteiger partial charge in [-0.1, -0.05) is 13.8 Å². The van der Waals surface area contributed by atoms with Crippen LogP contribution in [0.3, 0.4) is 0 Å². The quantitative estimate of drug-likeness (QED) is 0.301. The lowest BCUT2D eigenvalue weighted by molar-refractivity contribution is -0.141. The zero-order valence-electron chi connectivity index (χ0n) is 22.0. The number of aliphatic hydroxyl groups excluding tert-OH is 2. The van der Waals surface area contributed by atoms with Gasteiger partial charge in [-0.25, -0.2) is 4.98 Å². The van der Waals surface area contributed by atoms with Crippen molar-refractivity contribution >= 4 is 18.6 Å². The molecule has 2 aromatic rings. The number of nitrogens with zero attached hydrogens (tertiary/aromatic N) is 1. The lowest BCUT2D eigenvalue weighted by atomic mass is 9.92. The molecule has 7 atom stereocenters. The number of pyridine rings is 2. The molecule has 0 radical (unpaired) electrons. The summed E-state index contributed by atoms with van der Waals surface area (Å²) in [6, 6.07) is 1.28. The number of alkyl halides is 3. The van der Waals surface area contributed by atoms with Crippen LogP contribution < -0.4 is 5.56 Å². The smallest absolute Gasteiger partial charge is 0.388 e. The number of rotatable bonds is 8. The van der Waals surface area contributed by atoms with E-state index < -0.39 is 60.4 Å². The summed E-state index contributed by atoms with van der Waals surface area (Å²) < 4.78 is 64.2. The molecule has 1 aliphatic rings. The number of hydrogen-bond acceptors (Lipinski definition) is 8. The molecule has 1 fully saturated rings. The largest absolute Gasteiger partial charge is 0.433 e. The maximum atomic E-state index is 13.4. The van der Waals surface area contributed by atoms with E-state index in [1.807, 2.05) is 0 Å². The minimum absolute atomic E-state index is 0.0626. The molecule has 5 N–H and O–H groups in total. The summed E-state index contributed by atoms with van der Waals surface area (Å²) >= 11 is 0. The first-order valence-corrected chi connectivity index (χ1v) is 13.7. The predicted octanol–water partition coefficient (Wildman–Crippen LogP) is 3.60. The van der Waals surface area contributed by atoms with Gasteiger partial charge in [0.15, 0.2) is 5.34 Å². The number of aromatic amines is 1. The van der Waals surface area contributed by atoms with Gasteiger partial charge in [-0.05, 0) is 57.7 Å². The number of ether oxygens (including phenoxy) is 1. The van der Waals surface area contributed by atoms with Gasteiger partial charge in [0.1, 0.15) is 29.7 Å². The molecule has 2 aromatic heterocycles. The number of aryl methyl sites for hydroxylation is 1. The lowest BCUT2D eigenvalue weighted by Crippen LogP contribution is -2.40. The summed E-state index contributed by atoms with van der Waals surface area (Å²) in [6.45, 7) is 8.56. The second-order valence-electron chi connectivity index (χ2n) is 10.3. The average molecular weight is 567 g/mol. The van der Waals surface area contributed by atoms with Crippen molar-refractivity contribution in [1.82, 2.24) is 9.97 Å². The van der Waals surface area contributed by atoms with Gasteiger partial charge in [0.2, 0.25) is 0 Å². The van der Waals surface area contributed by atoms with Gasteiger partial charge in [0.05, 0.1) is 11.7 Å². The van der Waals surface area contributed by atoms with Crippen molar-refractivity contribution in [3.8, 4) is 0 Å². The molecule has 3 heterocycles. The molecule has 3 rings (SSSR count). The van der Waals surface area contributed by atoms with Crippen LogP contribution in [0.2, 0.25) is 0 Å². The number of halogens is 3. The molecule has 0 saturated carbocycles. The Labute approximate surface area is 217 Å². The highest BCUT2D eigenvalue weighted by molar-refractivity contribution is 7.54. The minimum atomic E-state index is -4.72. The van der Waals surface area contributed by atoms with Crippen molar-refractivity contribution < 1.29 is 47.2 Å². The van der Waals surface area contributed by atoms with Crippen LogP contribution in [0.5, 0.6) is 0 Å². The first-order chi connectivity index (χ1) is 17.3. The summed E-state index contributed by atoms with van der Waals surface area (Å²) in [4.78, 5) is 29.1. The Balaban J connectivity index is 1.96. The van der Waals surface area contributed by atoms with E-state index in [1.165, 1.54) is 40.7 Å². The van der Waals surface area contributed by atoms with E-state index in [9.17, 15) is 42.7 Å². The Morgan fingerprint density at radius 1 is 1.13 bits per heavy atom. The molecule has 0 amide bonds. The van der Waals surface area contributed by atoms with Crippen LogP contribution in [-0.2, 0) is 20.0 Å². The molecule has 214 valence electrons. The van der Waals surface area contributed by atoms with E-state index in [-0.39, 0.29) is 47.0 Å². The molecule has 10 nitrogen and oxygen atoms in total. The second-order valence-corrected chi connectivity index (χ2v) is 12.5. The van der Waals surface area contributed by atoms with E-state index >= 15 is 0 Å². The fourth-order valence-corrected chi connectivity index (χ4v) is 5.81. The minimum Gasteiger partial charge on any atom is -0.388 e. The molecular weight excluding hydrogens is 532 g/mol. The summed E-state index contributed by atoms with van der Waals surface area (Å²) in [6.07, 6.45) is -10.4. The van der Waals surface area contributed by atoms with E-state index in [4.69, 9.17) is 9.26 Å². The number of H-pyrrole nitrogens is 1. The monoisotopic (exact) mass is 566 g/mol. The SMILES string of the molecule is CCC(C)(CC1OC(c2cc3c(C)c(C)c(C(F)(F)F)nc3[nH]c2=O)C(O)C1O)OP(=O)(O)C(C)(O)CC. The lowest BCUT2D eigenvalue weighted by Gasteiger charge is -2.37. The molecule has 1 aliphatic heterocycles. The van der Waals surface area contributed by atoms with Crippen molar-refractivity contribution in [3.63, 3.8) is 0 Å². The van der Waals surface area contributed by atoms with Crippen molar-refractivity contribution in [2.45, 2.75) is 102 Å². The van der Waals surface area contributed by atoms with Crippen LogP contribution >= 0.6 is 7.60 Å². The van der Waals surface area contributed by atoms with E-state index in [0.717, 1.165) is 0 Å². The van der Waals surface area contributed by atoms with E-state index in [2.05, 4.69) is 9.97 Å². The van der Waals surface area contributed by atoms with Crippen LogP contribution in [0, 0.1) is 13.8 Å². The predicted molar refractivity (Wildman–Crippen MR) is 132 cm³/mol. The highest BCUT2D eigenvalue weighted by Gasteiger charge is 2.51. The van der Waals surface area contributed by atoms with Gasteiger partial charge in [-0.2, -0.15) is 13.2 Å². The number of fused-ring (bicyclic) bond motifs is 1. The van der Waals surface area contributed by atoms with Crippen LogP contribution in [0.4, 0.5) is 13.2 Å². The molecule has 7 unspecified atom stereocenters. The molecule has 0 bridgehead atoms. The number of aliphatic hydroxyl groups is 3. The topological polar surface area (TPSA) is 162 Å². The Bertz CT molecular complexity index is 1310. The van der Waals surface area contributed by atoms with Crippen molar-refractivity contribution in [2.24, 2.45) is 0 Å². The van der Waals surface area contributed by atoms with Gasteiger partial charge >= 0.3 is 13.8 Å².